The summed E-state index contributed by atoms with van der Waals surface area (Å²) in [6.45, 7) is 2.18. The van der Waals surface area contributed by atoms with Gasteiger partial charge in [0.05, 0.1) is 7.11 Å². The Hall–Kier alpha value is -1.14. The van der Waals surface area contributed by atoms with Crippen LogP contribution in [0.2, 0.25) is 0 Å². The van der Waals surface area contributed by atoms with Gasteiger partial charge >= 0.3 is 0 Å². The third-order valence-corrected chi connectivity index (χ3v) is 4.62. The summed E-state index contributed by atoms with van der Waals surface area (Å²) in [6.07, 6.45) is 2.41. The van der Waals surface area contributed by atoms with Crippen molar-refractivity contribution < 1.29 is 9.15 Å². The van der Waals surface area contributed by atoms with E-state index < -0.39 is 0 Å². The van der Waals surface area contributed by atoms with Crippen molar-refractivity contribution in [2.45, 2.75) is 25.0 Å². The Labute approximate surface area is 120 Å². The standard InChI is InChI=1S/C13H16N2O2S2/c1-3-4-9-18-19-13-15-14-12(17-13)10-5-7-11(16-2)8-6-10/h5-8H,3-4,9H2,1-2H3. The van der Waals surface area contributed by atoms with Gasteiger partial charge in [0.1, 0.15) is 5.75 Å². The first-order chi connectivity index (χ1) is 9.33. The molecular weight excluding hydrogens is 280 g/mol. The minimum Gasteiger partial charge on any atom is -0.497 e. The van der Waals surface area contributed by atoms with Crippen LogP contribution in [-0.2, 0) is 0 Å². The minimum atomic E-state index is 0.543. The van der Waals surface area contributed by atoms with E-state index in [1.807, 2.05) is 24.3 Å². The van der Waals surface area contributed by atoms with Crippen molar-refractivity contribution in [2.24, 2.45) is 0 Å². The quantitative estimate of drug-likeness (QED) is 0.561. The average molecular weight is 296 g/mol. The number of rotatable bonds is 7. The fourth-order valence-corrected chi connectivity index (χ4v) is 3.27. The average Bonchev–Trinajstić information content (AvgIpc) is 2.92. The van der Waals surface area contributed by atoms with Crippen LogP contribution in [0.25, 0.3) is 11.5 Å². The fourth-order valence-electron chi connectivity index (χ4n) is 1.39. The van der Waals surface area contributed by atoms with Crippen molar-refractivity contribution in [2.75, 3.05) is 12.9 Å². The van der Waals surface area contributed by atoms with E-state index in [-0.39, 0.29) is 0 Å². The van der Waals surface area contributed by atoms with E-state index in [0.29, 0.717) is 11.1 Å². The Balaban J connectivity index is 1.95. The molecule has 1 aromatic carbocycles. The summed E-state index contributed by atoms with van der Waals surface area (Å²) in [5, 5.41) is 8.68. The van der Waals surface area contributed by atoms with Crippen molar-refractivity contribution in [1.82, 2.24) is 10.2 Å². The lowest BCUT2D eigenvalue weighted by Gasteiger charge is -1.99. The minimum absolute atomic E-state index is 0.543. The third-order valence-electron chi connectivity index (χ3n) is 2.45. The van der Waals surface area contributed by atoms with Crippen LogP contribution in [0.1, 0.15) is 19.8 Å². The first-order valence-corrected chi connectivity index (χ1v) is 8.42. The molecule has 2 aromatic rings. The summed E-state index contributed by atoms with van der Waals surface area (Å²) >= 11 is 0. The molecular formula is C13H16N2O2S2. The lowest BCUT2D eigenvalue weighted by Crippen LogP contribution is -1.82. The highest BCUT2D eigenvalue weighted by molar-refractivity contribution is 8.76. The monoisotopic (exact) mass is 296 g/mol. The van der Waals surface area contributed by atoms with Crippen LogP contribution in [0.15, 0.2) is 33.9 Å². The molecule has 1 heterocycles. The number of ether oxygens (including phenoxy) is 1. The number of nitrogens with zero attached hydrogens (tertiary/aromatic N) is 2. The Morgan fingerprint density at radius 1 is 1.21 bits per heavy atom. The van der Waals surface area contributed by atoms with E-state index in [2.05, 4.69) is 17.1 Å². The van der Waals surface area contributed by atoms with E-state index >= 15 is 0 Å². The van der Waals surface area contributed by atoms with E-state index in [1.165, 1.54) is 23.6 Å². The van der Waals surface area contributed by atoms with E-state index in [9.17, 15) is 0 Å². The zero-order chi connectivity index (χ0) is 13.5. The summed E-state index contributed by atoms with van der Waals surface area (Å²) < 4.78 is 10.7. The van der Waals surface area contributed by atoms with Crippen LogP contribution in [0.5, 0.6) is 5.75 Å². The molecule has 0 radical (unpaired) electrons. The highest BCUT2D eigenvalue weighted by atomic mass is 33.1. The normalized spacial score (nSPS) is 10.6. The molecule has 0 saturated heterocycles. The molecule has 0 saturated carbocycles. The maximum Gasteiger partial charge on any atom is 0.287 e. The number of aromatic nitrogens is 2. The predicted molar refractivity (Wildman–Crippen MR) is 79.5 cm³/mol. The van der Waals surface area contributed by atoms with Crippen molar-refractivity contribution in [3.8, 4) is 17.2 Å². The molecule has 0 bridgehead atoms. The van der Waals surface area contributed by atoms with E-state index in [0.717, 1.165) is 17.1 Å². The zero-order valence-corrected chi connectivity index (χ0v) is 12.6. The Kier molecular flexibility index (Phi) is 5.60. The number of unbranched alkanes of at least 4 members (excludes halogenated alkanes) is 1. The van der Waals surface area contributed by atoms with Crippen LogP contribution >= 0.6 is 21.6 Å². The molecule has 0 aliphatic heterocycles. The number of hydrogen-bond acceptors (Lipinski definition) is 6. The fraction of sp³-hybridized carbons (Fsp3) is 0.385. The van der Waals surface area contributed by atoms with Crippen molar-refractivity contribution >= 4 is 21.6 Å². The molecule has 1 aromatic heterocycles. The molecule has 102 valence electrons. The second-order valence-corrected chi connectivity index (χ2v) is 6.23. The first-order valence-electron chi connectivity index (χ1n) is 6.11. The molecule has 0 N–H and O–H groups in total. The van der Waals surface area contributed by atoms with Crippen LogP contribution in [0, 0.1) is 0 Å². The van der Waals surface area contributed by atoms with Crippen LogP contribution in [-0.4, -0.2) is 23.1 Å². The number of hydrogen-bond donors (Lipinski definition) is 0. The highest BCUT2D eigenvalue weighted by Crippen LogP contribution is 2.32. The van der Waals surface area contributed by atoms with Crippen molar-refractivity contribution in [1.29, 1.82) is 0 Å². The zero-order valence-electron chi connectivity index (χ0n) is 11.0. The highest BCUT2D eigenvalue weighted by Gasteiger charge is 2.09. The Morgan fingerprint density at radius 2 is 2.00 bits per heavy atom. The van der Waals surface area contributed by atoms with E-state index in [4.69, 9.17) is 9.15 Å². The van der Waals surface area contributed by atoms with Gasteiger partial charge in [-0.25, -0.2) is 0 Å². The van der Waals surface area contributed by atoms with Gasteiger partial charge in [-0.3, -0.25) is 0 Å². The van der Waals surface area contributed by atoms with Gasteiger partial charge in [0.15, 0.2) is 0 Å². The van der Waals surface area contributed by atoms with Gasteiger partial charge in [0.25, 0.3) is 5.22 Å². The van der Waals surface area contributed by atoms with Gasteiger partial charge in [-0.2, -0.15) is 0 Å². The molecule has 2 rings (SSSR count). The molecule has 0 aliphatic rings. The lowest BCUT2D eigenvalue weighted by molar-refractivity contribution is 0.414. The molecule has 0 aliphatic carbocycles. The summed E-state index contributed by atoms with van der Waals surface area (Å²) in [7, 11) is 4.92. The van der Waals surface area contributed by atoms with Crippen LogP contribution < -0.4 is 4.74 Å². The second-order valence-electron chi connectivity index (χ2n) is 3.86. The summed E-state index contributed by atoms with van der Waals surface area (Å²) in [5.74, 6) is 2.45. The molecule has 0 fully saturated rings. The van der Waals surface area contributed by atoms with Gasteiger partial charge in [0, 0.05) is 22.1 Å². The molecule has 4 nitrogen and oxygen atoms in total. The van der Waals surface area contributed by atoms with E-state index in [1.54, 1.807) is 17.9 Å². The molecule has 0 spiro atoms. The van der Waals surface area contributed by atoms with Crippen LogP contribution in [0.3, 0.4) is 0 Å². The van der Waals surface area contributed by atoms with Gasteiger partial charge in [-0.15, -0.1) is 5.10 Å². The summed E-state index contributed by atoms with van der Waals surface area (Å²) in [5.41, 5.74) is 0.902. The molecule has 0 unspecified atom stereocenters. The van der Waals surface area contributed by atoms with Crippen LogP contribution in [0.4, 0.5) is 0 Å². The number of methoxy groups -OCH3 is 1. The Morgan fingerprint density at radius 3 is 2.68 bits per heavy atom. The second kappa shape index (κ2) is 7.45. The lowest BCUT2D eigenvalue weighted by atomic mass is 10.2. The Bertz CT molecular complexity index is 500. The largest absolute Gasteiger partial charge is 0.497 e. The summed E-state index contributed by atoms with van der Waals surface area (Å²) in [4.78, 5) is 0. The topological polar surface area (TPSA) is 48.2 Å². The first kappa shape index (κ1) is 14.3. The van der Waals surface area contributed by atoms with Gasteiger partial charge in [-0.05, 0) is 30.7 Å². The predicted octanol–water partition coefficient (Wildman–Crippen LogP) is 4.29. The molecule has 6 heteroatoms. The molecule has 0 amide bonds. The van der Waals surface area contributed by atoms with Crippen molar-refractivity contribution in [3.63, 3.8) is 0 Å². The summed E-state index contributed by atoms with van der Waals surface area (Å²) in [6, 6.07) is 7.57. The molecule has 19 heavy (non-hydrogen) atoms. The van der Waals surface area contributed by atoms with Gasteiger partial charge in [-0.1, -0.05) is 29.2 Å². The number of benzene rings is 1. The van der Waals surface area contributed by atoms with Gasteiger partial charge < -0.3 is 9.15 Å². The third kappa shape index (κ3) is 4.18. The maximum atomic E-state index is 5.60. The molecule has 0 atom stereocenters. The van der Waals surface area contributed by atoms with Crippen molar-refractivity contribution in [3.05, 3.63) is 24.3 Å². The maximum absolute atomic E-state index is 5.60. The SMILES string of the molecule is CCCCSSc1nnc(-c2ccc(OC)cc2)o1. The smallest absolute Gasteiger partial charge is 0.287 e. The van der Waals surface area contributed by atoms with Gasteiger partial charge in [0.2, 0.25) is 5.89 Å².